The number of pyridine rings is 1. The number of nitrogens with zero attached hydrogens (tertiary/aromatic N) is 2. The number of carboxylic acid groups (broad SMARTS) is 1. The molecule has 7 nitrogen and oxygen atoms in total. The van der Waals surface area contributed by atoms with E-state index in [9.17, 15) is 19.8 Å². The summed E-state index contributed by atoms with van der Waals surface area (Å²) in [6.45, 7) is 1.73. The van der Waals surface area contributed by atoms with E-state index in [1.807, 2.05) is 0 Å². The first-order valence-electron chi connectivity index (χ1n) is 8.00. The average Bonchev–Trinajstić information content (AvgIpc) is 2.51. The average molecular weight is 324 g/mol. The molecule has 3 N–H and O–H groups in total. The maximum Gasteiger partial charge on any atom is 0.305 e. The summed E-state index contributed by atoms with van der Waals surface area (Å²) in [7, 11) is 0. The van der Waals surface area contributed by atoms with Gasteiger partial charge in [0, 0.05) is 37.5 Å². The molecule has 0 bridgehead atoms. The predicted octanol–water partition coefficient (Wildman–Crippen LogP) is 0.766. The number of aliphatic hydroxyl groups is 1. The van der Waals surface area contributed by atoms with Crippen molar-refractivity contribution in [3.8, 4) is 5.75 Å². The van der Waals surface area contributed by atoms with E-state index in [1.165, 1.54) is 12.3 Å². The molecule has 0 amide bonds. The number of aliphatic carboxylic acids is 1. The monoisotopic (exact) mass is 324 g/mol. The zero-order chi connectivity index (χ0) is 16.8. The summed E-state index contributed by atoms with van der Waals surface area (Å²) in [5.41, 5.74) is 0.237. The minimum Gasteiger partial charge on any atom is -0.503 e. The van der Waals surface area contributed by atoms with E-state index >= 15 is 0 Å². The number of carboxylic acids is 1. The number of piperidine rings is 1. The minimum absolute atomic E-state index is 0.0740. The van der Waals surface area contributed by atoms with Crippen LogP contribution in [0.5, 0.6) is 5.75 Å². The zero-order valence-corrected chi connectivity index (χ0v) is 13.1. The number of hydrogen-bond donors (Lipinski definition) is 3. The number of rotatable bonds is 7. The number of aromatic nitrogens is 1. The van der Waals surface area contributed by atoms with E-state index in [4.69, 9.17) is 5.11 Å². The quantitative estimate of drug-likeness (QED) is 0.684. The molecule has 7 heteroatoms. The molecule has 1 unspecified atom stereocenters. The minimum atomic E-state index is -0.926. The van der Waals surface area contributed by atoms with Crippen LogP contribution in [0.3, 0.4) is 0 Å². The van der Waals surface area contributed by atoms with Crippen molar-refractivity contribution < 1.29 is 20.1 Å². The number of carbonyl (C=O) groups is 1. The lowest BCUT2D eigenvalue weighted by Gasteiger charge is -2.36. The fourth-order valence-corrected chi connectivity index (χ4v) is 3.12. The van der Waals surface area contributed by atoms with Gasteiger partial charge in [-0.15, -0.1) is 0 Å². The summed E-state index contributed by atoms with van der Waals surface area (Å²) in [4.78, 5) is 24.8. The zero-order valence-electron chi connectivity index (χ0n) is 13.1. The second-order valence-electron chi connectivity index (χ2n) is 5.98. The van der Waals surface area contributed by atoms with E-state index in [0.29, 0.717) is 18.7 Å². The highest BCUT2D eigenvalue weighted by Crippen LogP contribution is 2.22. The van der Waals surface area contributed by atoms with E-state index in [0.717, 1.165) is 25.8 Å². The Kier molecular flexibility index (Phi) is 6.18. The number of aliphatic hydroxyl groups excluding tert-OH is 1. The van der Waals surface area contributed by atoms with Crippen molar-refractivity contribution in [3.05, 3.63) is 28.2 Å². The summed E-state index contributed by atoms with van der Waals surface area (Å²) in [5.74, 6) is -1.30. The lowest BCUT2D eigenvalue weighted by molar-refractivity contribution is -0.137. The van der Waals surface area contributed by atoms with Gasteiger partial charge in [-0.1, -0.05) is 6.42 Å². The van der Waals surface area contributed by atoms with Crippen LogP contribution in [0.4, 0.5) is 0 Å². The van der Waals surface area contributed by atoms with Crippen LogP contribution in [-0.2, 0) is 17.9 Å². The van der Waals surface area contributed by atoms with Gasteiger partial charge in [0.2, 0.25) is 5.43 Å². The topological polar surface area (TPSA) is 103 Å². The molecule has 1 aliphatic rings. The Bertz CT molecular complexity index is 597. The normalized spacial score (nSPS) is 18.9. The highest BCUT2D eigenvalue weighted by molar-refractivity contribution is 5.66. The van der Waals surface area contributed by atoms with Crippen LogP contribution in [0.1, 0.15) is 37.8 Å². The molecule has 1 aromatic heterocycles. The van der Waals surface area contributed by atoms with Gasteiger partial charge in [-0.3, -0.25) is 14.5 Å². The van der Waals surface area contributed by atoms with Crippen molar-refractivity contribution in [3.63, 3.8) is 0 Å². The first-order chi connectivity index (χ1) is 11.0. The van der Waals surface area contributed by atoms with Crippen LogP contribution in [0, 0.1) is 0 Å². The van der Waals surface area contributed by atoms with Crippen LogP contribution < -0.4 is 5.43 Å². The van der Waals surface area contributed by atoms with Crippen LogP contribution in [0.25, 0.3) is 0 Å². The molecule has 2 rings (SSSR count). The van der Waals surface area contributed by atoms with Gasteiger partial charge in [0.15, 0.2) is 5.75 Å². The van der Waals surface area contributed by atoms with Gasteiger partial charge in [-0.25, -0.2) is 0 Å². The van der Waals surface area contributed by atoms with Gasteiger partial charge in [0.25, 0.3) is 0 Å². The number of hydrogen-bond acceptors (Lipinski definition) is 5. The Balaban J connectivity index is 2.20. The standard InChI is InChI=1S/C16H24N2O5/c19-8-5-12-3-1-2-6-17(12)10-13-9-14(20)15(21)11-18(13)7-4-16(22)23/h9,11-12,19,21H,1-8,10H2,(H,22,23). The SMILES string of the molecule is O=C(O)CCn1cc(O)c(=O)cc1CN1CCCCC1CCO. The van der Waals surface area contributed by atoms with Crippen molar-refractivity contribution in [1.82, 2.24) is 9.47 Å². The molecule has 2 heterocycles. The molecule has 1 aromatic rings. The summed E-state index contributed by atoms with van der Waals surface area (Å²) in [6.07, 6.45) is 5.14. The Morgan fingerprint density at radius 1 is 1.35 bits per heavy atom. The van der Waals surface area contributed by atoms with Gasteiger partial charge in [-0.2, -0.15) is 0 Å². The number of likely N-dealkylation sites (tertiary alicyclic amines) is 1. The van der Waals surface area contributed by atoms with Crippen molar-refractivity contribution >= 4 is 5.97 Å². The maximum absolute atomic E-state index is 11.7. The van der Waals surface area contributed by atoms with E-state index in [2.05, 4.69) is 4.90 Å². The molecule has 128 valence electrons. The third-order valence-electron chi connectivity index (χ3n) is 4.34. The van der Waals surface area contributed by atoms with Gasteiger partial charge in [0.05, 0.1) is 12.6 Å². The molecule has 1 saturated heterocycles. The smallest absolute Gasteiger partial charge is 0.305 e. The predicted molar refractivity (Wildman–Crippen MR) is 84.4 cm³/mol. The molecule has 23 heavy (non-hydrogen) atoms. The summed E-state index contributed by atoms with van der Waals surface area (Å²) >= 11 is 0. The second kappa shape index (κ2) is 8.12. The Labute approximate surface area is 134 Å². The third kappa shape index (κ3) is 4.80. The fourth-order valence-electron chi connectivity index (χ4n) is 3.12. The van der Waals surface area contributed by atoms with Gasteiger partial charge >= 0.3 is 5.97 Å². The van der Waals surface area contributed by atoms with Crippen LogP contribution in [-0.4, -0.2) is 49.9 Å². The molecule has 1 fully saturated rings. The molecule has 1 atom stereocenters. The Morgan fingerprint density at radius 3 is 2.83 bits per heavy atom. The summed E-state index contributed by atoms with van der Waals surface area (Å²) in [6, 6.07) is 1.65. The number of aryl methyl sites for hydroxylation is 1. The molecule has 0 aromatic carbocycles. The molecule has 0 radical (unpaired) electrons. The van der Waals surface area contributed by atoms with Crippen molar-refractivity contribution in [2.75, 3.05) is 13.2 Å². The molecule has 1 aliphatic heterocycles. The summed E-state index contributed by atoms with van der Waals surface area (Å²) < 4.78 is 1.63. The molecule has 0 saturated carbocycles. The van der Waals surface area contributed by atoms with Crippen molar-refractivity contribution in [2.24, 2.45) is 0 Å². The van der Waals surface area contributed by atoms with E-state index in [1.54, 1.807) is 4.57 Å². The third-order valence-corrected chi connectivity index (χ3v) is 4.34. The lowest BCUT2D eigenvalue weighted by Crippen LogP contribution is -2.40. The Morgan fingerprint density at radius 2 is 2.13 bits per heavy atom. The summed E-state index contributed by atoms with van der Waals surface area (Å²) in [5, 5.41) is 27.7. The van der Waals surface area contributed by atoms with Crippen LogP contribution in [0.15, 0.2) is 17.1 Å². The molecule has 0 spiro atoms. The molecular formula is C16H24N2O5. The number of aromatic hydroxyl groups is 1. The largest absolute Gasteiger partial charge is 0.503 e. The first-order valence-corrected chi connectivity index (χ1v) is 8.00. The van der Waals surface area contributed by atoms with E-state index in [-0.39, 0.29) is 31.4 Å². The highest BCUT2D eigenvalue weighted by atomic mass is 16.4. The van der Waals surface area contributed by atoms with Gasteiger partial charge in [0.1, 0.15) is 0 Å². The second-order valence-corrected chi connectivity index (χ2v) is 5.98. The molecule has 0 aliphatic carbocycles. The van der Waals surface area contributed by atoms with Gasteiger partial charge < -0.3 is 19.9 Å². The lowest BCUT2D eigenvalue weighted by atomic mass is 9.99. The molecular weight excluding hydrogens is 300 g/mol. The fraction of sp³-hybridized carbons (Fsp3) is 0.625. The van der Waals surface area contributed by atoms with Crippen LogP contribution >= 0.6 is 0 Å². The van der Waals surface area contributed by atoms with Crippen LogP contribution in [0.2, 0.25) is 0 Å². The van der Waals surface area contributed by atoms with Crippen molar-refractivity contribution in [2.45, 2.75) is 51.2 Å². The highest BCUT2D eigenvalue weighted by Gasteiger charge is 2.23. The first kappa shape index (κ1) is 17.5. The van der Waals surface area contributed by atoms with E-state index < -0.39 is 11.4 Å². The van der Waals surface area contributed by atoms with Crippen molar-refractivity contribution in [1.29, 1.82) is 0 Å². The maximum atomic E-state index is 11.7. The Hall–Kier alpha value is -1.86. The van der Waals surface area contributed by atoms with Gasteiger partial charge in [-0.05, 0) is 25.8 Å².